The second kappa shape index (κ2) is 6.68. The molecule has 0 aliphatic carbocycles. The first-order valence-electron chi connectivity index (χ1n) is 7.69. The fourth-order valence-electron chi connectivity index (χ4n) is 2.70. The van der Waals surface area contributed by atoms with Crippen molar-refractivity contribution in [1.29, 1.82) is 0 Å². The van der Waals surface area contributed by atoms with E-state index in [2.05, 4.69) is 22.2 Å². The predicted molar refractivity (Wildman–Crippen MR) is 92.2 cm³/mol. The lowest BCUT2D eigenvalue weighted by Crippen LogP contribution is -2.25. The number of nitrogens with one attached hydrogen (secondary N) is 1. The molecule has 0 spiro atoms. The normalized spacial score (nSPS) is 14.4. The molecule has 122 valence electrons. The van der Waals surface area contributed by atoms with Crippen LogP contribution in [-0.2, 0) is 17.8 Å². The fourth-order valence-corrected chi connectivity index (χ4v) is 3.80. The van der Waals surface area contributed by atoms with Crippen LogP contribution >= 0.6 is 11.3 Å². The molecule has 23 heavy (non-hydrogen) atoms. The highest BCUT2D eigenvalue weighted by Gasteiger charge is 2.19. The summed E-state index contributed by atoms with van der Waals surface area (Å²) in [4.78, 5) is 20.1. The van der Waals surface area contributed by atoms with Gasteiger partial charge in [0.25, 0.3) is 5.91 Å². The number of fused-ring (bicyclic) bond motifs is 1. The van der Waals surface area contributed by atoms with Gasteiger partial charge in [-0.15, -0.1) is 11.3 Å². The number of aromatic nitrogens is 1. The molecule has 1 aromatic carbocycles. The lowest BCUT2D eigenvalue weighted by Gasteiger charge is -2.20. The molecular weight excluding hydrogens is 310 g/mol. The Bertz CT molecular complexity index is 706. The zero-order valence-corrected chi connectivity index (χ0v) is 14.5. The van der Waals surface area contributed by atoms with Crippen molar-refractivity contribution in [3.63, 3.8) is 0 Å². The van der Waals surface area contributed by atoms with E-state index in [1.807, 2.05) is 32.0 Å². The number of amides is 1. The van der Waals surface area contributed by atoms with E-state index >= 15 is 0 Å². The number of aryl methyl sites for hydroxylation is 2. The monoisotopic (exact) mass is 331 g/mol. The molecule has 2 heterocycles. The maximum atomic E-state index is 12.1. The topological polar surface area (TPSA) is 54.5 Å². The number of thiazole rings is 1. The Hall–Kier alpha value is -1.92. The third-order valence-electron chi connectivity index (χ3n) is 3.92. The summed E-state index contributed by atoms with van der Waals surface area (Å²) in [5.41, 5.74) is 3.18. The van der Waals surface area contributed by atoms with Gasteiger partial charge in [-0.2, -0.15) is 0 Å². The Kier molecular flexibility index (Phi) is 4.63. The zero-order chi connectivity index (χ0) is 16.4. The summed E-state index contributed by atoms with van der Waals surface area (Å²) >= 11 is 1.56. The molecule has 2 aromatic rings. The SMILES string of the molecule is Cc1cccc(C)c1OCC(=O)Nc1nc2c(s1)CN(C)CC2. The summed E-state index contributed by atoms with van der Waals surface area (Å²) in [5.74, 6) is 0.606. The Morgan fingerprint density at radius 3 is 2.87 bits per heavy atom. The number of carbonyl (C=O) groups excluding carboxylic acids is 1. The largest absolute Gasteiger partial charge is 0.483 e. The van der Waals surface area contributed by atoms with E-state index in [0.29, 0.717) is 5.13 Å². The number of likely N-dealkylation sites (N-methyl/N-ethyl adjacent to an activating group) is 1. The minimum Gasteiger partial charge on any atom is -0.483 e. The summed E-state index contributed by atoms with van der Waals surface area (Å²) in [6.07, 6.45) is 0.942. The molecular formula is C17H21N3O2S. The van der Waals surface area contributed by atoms with E-state index in [9.17, 15) is 4.79 Å². The average Bonchev–Trinajstić information content (AvgIpc) is 2.88. The lowest BCUT2D eigenvalue weighted by atomic mass is 10.1. The van der Waals surface area contributed by atoms with Crippen molar-refractivity contribution in [2.45, 2.75) is 26.8 Å². The zero-order valence-electron chi connectivity index (χ0n) is 13.7. The maximum Gasteiger partial charge on any atom is 0.264 e. The summed E-state index contributed by atoms with van der Waals surface area (Å²) in [7, 11) is 2.10. The van der Waals surface area contributed by atoms with Gasteiger partial charge in [0.15, 0.2) is 11.7 Å². The van der Waals surface area contributed by atoms with Gasteiger partial charge in [-0.25, -0.2) is 4.98 Å². The van der Waals surface area contributed by atoms with Crippen LogP contribution in [0, 0.1) is 13.8 Å². The fraction of sp³-hybridized carbons (Fsp3) is 0.412. The molecule has 0 bridgehead atoms. The molecule has 1 amide bonds. The number of ether oxygens (including phenoxy) is 1. The van der Waals surface area contributed by atoms with E-state index in [1.54, 1.807) is 11.3 Å². The first-order valence-corrected chi connectivity index (χ1v) is 8.50. The molecule has 0 saturated heterocycles. The van der Waals surface area contributed by atoms with Gasteiger partial charge in [0.1, 0.15) is 5.75 Å². The number of hydrogen-bond acceptors (Lipinski definition) is 5. The van der Waals surface area contributed by atoms with Crippen molar-refractivity contribution in [2.75, 3.05) is 25.5 Å². The van der Waals surface area contributed by atoms with Crippen LogP contribution in [0.4, 0.5) is 5.13 Å². The number of hydrogen-bond donors (Lipinski definition) is 1. The van der Waals surface area contributed by atoms with Crippen molar-refractivity contribution in [3.05, 3.63) is 39.9 Å². The van der Waals surface area contributed by atoms with Crippen molar-refractivity contribution in [1.82, 2.24) is 9.88 Å². The Morgan fingerprint density at radius 1 is 1.39 bits per heavy atom. The molecule has 0 atom stereocenters. The maximum absolute atomic E-state index is 12.1. The molecule has 1 aromatic heterocycles. The quantitative estimate of drug-likeness (QED) is 0.936. The molecule has 5 nitrogen and oxygen atoms in total. The number of carbonyl (C=O) groups is 1. The Labute approximate surface area is 140 Å². The minimum atomic E-state index is -0.174. The van der Waals surface area contributed by atoms with E-state index in [0.717, 1.165) is 42.1 Å². The summed E-state index contributed by atoms with van der Waals surface area (Å²) in [6.45, 7) is 5.87. The summed E-state index contributed by atoms with van der Waals surface area (Å²) in [5, 5.41) is 3.52. The van der Waals surface area contributed by atoms with Crippen molar-refractivity contribution in [2.24, 2.45) is 0 Å². The molecule has 1 N–H and O–H groups in total. The molecule has 1 aliphatic rings. The van der Waals surface area contributed by atoms with E-state index in [-0.39, 0.29) is 12.5 Å². The van der Waals surface area contributed by atoms with Gasteiger partial charge in [0, 0.05) is 24.4 Å². The highest BCUT2D eigenvalue weighted by molar-refractivity contribution is 7.15. The highest BCUT2D eigenvalue weighted by atomic mass is 32.1. The number of rotatable bonds is 4. The number of anilines is 1. The van der Waals surface area contributed by atoms with Crippen LogP contribution < -0.4 is 10.1 Å². The second-order valence-corrected chi connectivity index (χ2v) is 7.02. The van der Waals surface area contributed by atoms with Gasteiger partial charge in [-0.3, -0.25) is 10.1 Å². The molecule has 0 saturated carbocycles. The van der Waals surface area contributed by atoms with Crippen LogP contribution in [-0.4, -0.2) is 36.0 Å². The van der Waals surface area contributed by atoms with E-state index in [4.69, 9.17) is 4.74 Å². The van der Waals surface area contributed by atoms with Crippen LogP contribution in [0.2, 0.25) is 0 Å². The smallest absolute Gasteiger partial charge is 0.264 e. The summed E-state index contributed by atoms with van der Waals surface area (Å²) < 4.78 is 5.68. The average molecular weight is 331 g/mol. The highest BCUT2D eigenvalue weighted by Crippen LogP contribution is 2.28. The number of para-hydroxylation sites is 1. The van der Waals surface area contributed by atoms with Crippen molar-refractivity contribution >= 4 is 22.4 Å². The first-order chi connectivity index (χ1) is 11.0. The predicted octanol–water partition coefficient (Wildman–Crippen LogP) is 2.77. The Balaban J connectivity index is 1.60. The van der Waals surface area contributed by atoms with Crippen LogP contribution in [0.5, 0.6) is 5.75 Å². The van der Waals surface area contributed by atoms with E-state index in [1.165, 1.54) is 4.88 Å². The van der Waals surface area contributed by atoms with Gasteiger partial charge in [-0.1, -0.05) is 18.2 Å². The standard InChI is InChI=1S/C17H21N3O2S/c1-11-5-4-6-12(2)16(11)22-10-15(21)19-17-18-13-7-8-20(3)9-14(13)23-17/h4-6H,7-10H2,1-3H3,(H,18,19,21). The third-order valence-corrected chi connectivity index (χ3v) is 4.92. The molecule has 0 unspecified atom stereocenters. The minimum absolute atomic E-state index is 0.00412. The number of benzene rings is 1. The second-order valence-electron chi connectivity index (χ2n) is 5.93. The van der Waals surface area contributed by atoms with Crippen LogP contribution in [0.1, 0.15) is 21.7 Å². The third kappa shape index (κ3) is 3.71. The van der Waals surface area contributed by atoms with Crippen molar-refractivity contribution < 1.29 is 9.53 Å². The van der Waals surface area contributed by atoms with Gasteiger partial charge < -0.3 is 9.64 Å². The van der Waals surface area contributed by atoms with Crippen LogP contribution in [0.3, 0.4) is 0 Å². The van der Waals surface area contributed by atoms with Crippen molar-refractivity contribution in [3.8, 4) is 5.75 Å². The molecule has 0 radical (unpaired) electrons. The lowest BCUT2D eigenvalue weighted by molar-refractivity contribution is -0.118. The van der Waals surface area contributed by atoms with Gasteiger partial charge in [-0.05, 0) is 32.0 Å². The molecule has 3 rings (SSSR count). The van der Waals surface area contributed by atoms with E-state index < -0.39 is 0 Å². The molecule has 0 fully saturated rings. The number of nitrogens with zero attached hydrogens (tertiary/aromatic N) is 2. The molecule has 6 heteroatoms. The summed E-state index contributed by atoms with van der Waals surface area (Å²) in [6, 6.07) is 5.94. The molecule has 1 aliphatic heterocycles. The van der Waals surface area contributed by atoms with Gasteiger partial charge in [0.2, 0.25) is 0 Å². The van der Waals surface area contributed by atoms with Crippen LogP contribution in [0.25, 0.3) is 0 Å². The van der Waals surface area contributed by atoms with Gasteiger partial charge >= 0.3 is 0 Å². The van der Waals surface area contributed by atoms with Crippen LogP contribution in [0.15, 0.2) is 18.2 Å². The first kappa shape index (κ1) is 16.0. The van der Waals surface area contributed by atoms with Gasteiger partial charge in [0.05, 0.1) is 5.69 Å². The Morgan fingerprint density at radius 2 is 2.13 bits per heavy atom.